The minimum absolute atomic E-state index is 0.160. The lowest BCUT2D eigenvalue weighted by Crippen LogP contribution is -2.27. The lowest BCUT2D eigenvalue weighted by atomic mass is 10.0. The third-order valence-corrected chi connectivity index (χ3v) is 6.22. The molecular formula is C23H24N2O4S. The van der Waals surface area contributed by atoms with Crippen molar-refractivity contribution in [3.8, 4) is 5.75 Å². The van der Waals surface area contributed by atoms with Crippen molar-refractivity contribution < 1.29 is 17.9 Å². The maximum atomic E-state index is 12.8. The van der Waals surface area contributed by atoms with E-state index >= 15 is 0 Å². The van der Waals surface area contributed by atoms with Crippen molar-refractivity contribution in [2.45, 2.75) is 24.8 Å². The largest absolute Gasteiger partial charge is 0.497 e. The third kappa shape index (κ3) is 4.80. The number of ether oxygens (including phenoxy) is 1. The lowest BCUT2D eigenvalue weighted by Gasteiger charge is -2.17. The summed E-state index contributed by atoms with van der Waals surface area (Å²) in [5.74, 6) is 0.461. The molecular weight excluding hydrogens is 400 g/mol. The van der Waals surface area contributed by atoms with E-state index in [1.165, 1.54) is 12.1 Å². The van der Waals surface area contributed by atoms with Gasteiger partial charge in [-0.15, -0.1) is 0 Å². The molecule has 0 fully saturated rings. The molecule has 0 aliphatic rings. The molecule has 0 aromatic heterocycles. The van der Waals surface area contributed by atoms with Gasteiger partial charge in [0.05, 0.1) is 23.7 Å². The fourth-order valence-electron chi connectivity index (χ4n) is 3.05. The van der Waals surface area contributed by atoms with E-state index < -0.39 is 10.0 Å². The first kappa shape index (κ1) is 21.4. The number of methoxy groups -OCH3 is 1. The van der Waals surface area contributed by atoms with Crippen LogP contribution in [0.1, 0.15) is 34.5 Å². The summed E-state index contributed by atoms with van der Waals surface area (Å²) in [4.78, 5) is 13.0. The summed E-state index contributed by atoms with van der Waals surface area (Å²) in [5, 5.41) is 2.96. The van der Waals surface area contributed by atoms with Crippen molar-refractivity contribution in [2.24, 2.45) is 0 Å². The van der Waals surface area contributed by atoms with E-state index in [4.69, 9.17) is 4.74 Å². The van der Waals surface area contributed by atoms with E-state index in [-0.39, 0.29) is 16.8 Å². The molecule has 0 unspecified atom stereocenters. The van der Waals surface area contributed by atoms with Gasteiger partial charge in [0, 0.05) is 5.56 Å². The average Bonchev–Trinajstić information content (AvgIpc) is 2.75. The van der Waals surface area contributed by atoms with Gasteiger partial charge < -0.3 is 10.1 Å². The van der Waals surface area contributed by atoms with Crippen LogP contribution >= 0.6 is 0 Å². The van der Waals surface area contributed by atoms with Crippen LogP contribution in [0.15, 0.2) is 77.7 Å². The van der Waals surface area contributed by atoms with Crippen LogP contribution in [-0.4, -0.2) is 21.4 Å². The van der Waals surface area contributed by atoms with Crippen LogP contribution in [0.3, 0.4) is 0 Å². The van der Waals surface area contributed by atoms with Gasteiger partial charge in [0.2, 0.25) is 0 Å². The number of carbonyl (C=O) groups is 1. The lowest BCUT2D eigenvalue weighted by molar-refractivity contribution is 0.0939. The molecule has 0 aliphatic heterocycles. The number of rotatable bonds is 7. The number of amides is 1. The highest BCUT2D eigenvalue weighted by atomic mass is 32.2. The maximum Gasteiger partial charge on any atom is 0.261 e. The van der Waals surface area contributed by atoms with Crippen LogP contribution < -0.4 is 14.8 Å². The number of benzene rings is 3. The monoisotopic (exact) mass is 424 g/mol. The summed E-state index contributed by atoms with van der Waals surface area (Å²) >= 11 is 0. The van der Waals surface area contributed by atoms with Crippen LogP contribution in [0, 0.1) is 6.92 Å². The summed E-state index contributed by atoms with van der Waals surface area (Å²) in [7, 11) is -2.15. The van der Waals surface area contributed by atoms with Gasteiger partial charge in [0.1, 0.15) is 5.75 Å². The summed E-state index contributed by atoms with van der Waals surface area (Å²) in [5.41, 5.74) is 2.26. The molecule has 0 spiro atoms. The first-order valence-corrected chi connectivity index (χ1v) is 10.9. The molecule has 3 aromatic rings. The molecule has 7 heteroatoms. The minimum Gasteiger partial charge on any atom is -0.497 e. The molecule has 1 amide bonds. The Morgan fingerprint density at radius 3 is 2.23 bits per heavy atom. The van der Waals surface area contributed by atoms with E-state index in [2.05, 4.69) is 10.0 Å². The average molecular weight is 425 g/mol. The second kappa shape index (κ2) is 9.00. The number of sulfonamides is 1. The number of nitrogens with one attached hydrogen (secondary N) is 2. The topological polar surface area (TPSA) is 84.5 Å². The highest BCUT2D eigenvalue weighted by Crippen LogP contribution is 2.24. The van der Waals surface area contributed by atoms with Gasteiger partial charge in [-0.2, -0.15) is 0 Å². The molecule has 0 bridgehead atoms. The van der Waals surface area contributed by atoms with Gasteiger partial charge in [0.25, 0.3) is 15.9 Å². The van der Waals surface area contributed by atoms with E-state index in [9.17, 15) is 13.2 Å². The van der Waals surface area contributed by atoms with Gasteiger partial charge in [-0.05, 0) is 61.4 Å². The summed E-state index contributed by atoms with van der Waals surface area (Å²) < 4.78 is 33.0. The van der Waals surface area contributed by atoms with Crippen LogP contribution in [0.2, 0.25) is 0 Å². The Kier molecular flexibility index (Phi) is 6.42. The second-order valence-corrected chi connectivity index (χ2v) is 8.55. The number of anilines is 1. The van der Waals surface area contributed by atoms with Crippen molar-refractivity contribution in [1.82, 2.24) is 5.32 Å². The zero-order valence-corrected chi connectivity index (χ0v) is 17.9. The van der Waals surface area contributed by atoms with Crippen LogP contribution in [0.4, 0.5) is 5.69 Å². The predicted octanol–water partition coefficient (Wildman–Crippen LogP) is 4.30. The fourth-order valence-corrected chi connectivity index (χ4v) is 4.19. The molecule has 0 aliphatic carbocycles. The molecule has 0 radical (unpaired) electrons. The van der Waals surface area contributed by atoms with Gasteiger partial charge in [-0.3, -0.25) is 9.52 Å². The second-order valence-electron chi connectivity index (χ2n) is 6.86. The highest BCUT2D eigenvalue weighted by molar-refractivity contribution is 7.92. The maximum absolute atomic E-state index is 12.8. The quantitative estimate of drug-likeness (QED) is 0.592. The zero-order chi connectivity index (χ0) is 21.7. The fraction of sp³-hybridized carbons (Fsp3) is 0.174. The predicted molar refractivity (Wildman–Crippen MR) is 117 cm³/mol. The Morgan fingerprint density at radius 1 is 0.933 bits per heavy atom. The Hall–Kier alpha value is -3.32. The molecule has 1 atom stereocenters. The zero-order valence-electron chi connectivity index (χ0n) is 17.0. The van der Waals surface area contributed by atoms with Crippen LogP contribution in [-0.2, 0) is 10.0 Å². The first-order valence-electron chi connectivity index (χ1n) is 9.44. The third-order valence-electron chi connectivity index (χ3n) is 4.84. The molecule has 2 N–H and O–H groups in total. The van der Waals surface area contributed by atoms with Crippen LogP contribution in [0.5, 0.6) is 5.75 Å². The Morgan fingerprint density at radius 2 is 1.60 bits per heavy atom. The van der Waals surface area contributed by atoms with E-state index in [1.807, 2.05) is 31.2 Å². The highest BCUT2D eigenvalue weighted by Gasteiger charge is 2.19. The van der Waals surface area contributed by atoms with Crippen molar-refractivity contribution in [2.75, 3.05) is 11.8 Å². The van der Waals surface area contributed by atoms with E-state index in [0.29, 0.717) is 16.8 Å². The standard InChI is InChI=1S/C23H24N2O4S/c1-16-21(23(26)24-17(2)18-12-14-19(29-3)15-13-18)10-7-11-22(16)25-30(27,28)20-8-5-4-6-9-20/h4-15,17,25H,1-3H3,(H,24,26)/t17-/m1/s1. The summed E-state index contributed by atoms with van der Waals surface area (Å²) in [6.07, 6.45) is 0. The van der Waals surface area contributed by atoms with Gasteiger partial charge in [0.15, 0.2) is 0 Å². The van der Waals surface area contributed by atoms with E-state index in [0.717, 1.165) is 11.3 Å². The molecule has 0 saturated heterocycles. The Labute approximate surface area is 177 Å². The SMILES string of the molecule is COc1ccc([C@@H](C)NC(=O)c2cccc(NS(=O)(=O)c3ccccc3)c2C)cc1. The molecule has 3 aromatic carbocycles. The molecule has 0 saturated carbocycles. The first-order chi connectivity index (χ1) is 14.3. The molecule has 30 heavy (non-hydrogen) atoms. The smallest absolute Gasteiger partial charge is 0.261 e. The number of carbonyl (C=O) groups excluding carboxylic acids is 1. The Balaban J connectivity index is 1.79. The summed E-state index contributed by atoms with van der Waals surface area (Å²) in [6.45, 7) is 3.60. The van der Waals surface area contributed by atoms with Gasteiger partial charge in [-0.25, -0.2) is 8.42 Å². The van der Waals surface area contributed by atoms with Gasteiger partial charge in [-0.1, -0.05) is 36.4 Å². The van der Waals surface area contributed by atoms with E-state index in [1.54, 1.807) is 50.4 Å². The van der Waals surface area contributed by atoms with Crippen molar-refractivity contribution in [3.05, 3.63) is 89.5 Å². The van der Waals surface area contributed by atoms with Gasteiger partial charge >= 0.3 is 0 Å². The van der Waals surface area contributed by atoms with Crippen molar-refractivity contribution in [1.29, 1.82) is 0 Å². The van der Waals surface area contributed by atoms with Crippen molar-refractivity contribution >= 4 is 21.6 Å². The minimum atomic E-state index is -3.74. The van der Waals surface area contributed by atoms with Crippen LogP contribution in [0.25, 0.3) is 0 Å². The normalized spacial score (nSPS) is 12.1. The Bertz CT molecular complexity index is 1130. The molecule has 6 nitrogen and oxygen atoms in total. The van der Waals surface area contributed by atoms with Crippen molar-refractivity contribution in [3.63, 3.8) is 0 Å². The summed E-state index contributed by atoms with van der Waals surface area (Å²) in [6, 6.07) is 20.3. The number of hydrogen-bond donors (Lipinski definition) is 2. The molecule has 3 rings (SSSR count). The number of hydrogen-bond acceptors (Lipinski definition) is 4. The molecule has 156 valence electrons. The molecule has 0 heterocycles.